The van der Waals surface area contributed by atoms with Crippen LogP contribution < -0.4 is 11.1 Å². The van der Waals surface area contributed by atoms with E-state index in [1.807, 2.05) is 6.07 Å². The third-order valence-electron chi connectivity index (χ3n) is 1.50. The Hall–Kier alpha value is -1.79. The van der Waals surface area contributed by atoms with Crippen molar-refractivity contribution in [3.05, 3.63) is 35.9 Å². The van der Waals surface area contributed by atoms with Crippen molar-refractivity contribution in [1.82, 2.24) is 5.32 Å². The first-order chi connectivity index (χ1) is 6.24. The maximum Gasteiger partial charge on any atom is 0.253 e. The number of nitrogens with one attached hydrogen (secondary N) is 1. The maximum atomic E-state index is 11.3. The predicted molar refractivity (Wildman–Crippen MR) is 50.7 cm³/mol. The van der Waals surface area contributed by atoms with Crippen molar-refractivity contribution in [3.63, 3.8) is 0 Å². The summed E-state index contributed by atoms with van der Waals surface area (Å²) in [4.78, 5) is 11.3. The van der Waals surface area contributed by atoms with Gasteiger partial charge < -0.3 is 11.1 Å². The summed E-state index contributed by atoms with van der Waals surface area (Å²) in [5.74, 6) is 1.95. The SMILES string of the molecule is C#CC(N)NC(=O)c1ccccc1. The second-order valence-electron chi connectivity index (χ2n) is 2.48. The molecule has 1 amide bonds. The normalized spacial score (nSPS) is 11.4. The molecule has 0 aromatic heterocycles. The molecule has 3 N–H and O–H groups in total. The van der Waals surface area contributed by atoms with Gasteiger partial charge in [-0.15, -0.1) is 6.42 Å². The predicted octanol–water partition coefficient (Wildman–Crippen LogP) is 0.334. The molecule has 66 valence electrons. The van der Waals surface area contributed by atoms with Crippen LogP contribution in [-0.4, -0.2) is 12.1 Å². The van der Waals surface area contributed by atoms with Crippen molar-refractivity contribution < 1.29 is 4.79 Å². The lowest BCUT2D eigenvalue weighted by molar-refractivity contribution is 0.0946. The van der Waals surface area contributed by atoms with Gasteiger partial charge in [-0.25, -0.2) is 0 Å². The molecule has 3 nitrogen and oxygen atoms in total. The smallest absolute Gasteiger partial charge is 0.253 e. The fraction of sp³-hybridized carbons (Fsp3) is 0.100. The average Bonchev–Trinajstić information content (AvgIpc) is 2.19. The highest BCUT2D eigenvalue weighted by atomic mass is 16.1. The van der Waals surface area contributed by atoms with Gasteiger partial charge in [0.1, 0.15) is 6.17 Å². The van der Waals surface area contributed by atoms with Crippen molar-refractivity contribution in [2.24, 2.45) is 5.73 Å². The van der Waals surface area contributed by atoms with E-state index in [4.69, 9.17) is 12.2 Å². The minimum Gasteiger partial charge on any atom is -0.326 e. The van der Waals surface area contributed by atoms with E-state index in [-0.39, 0.29) is 5.91 Å². The van der Waals surface area contributed by atoms with Gasteiger partial charge in [0.05, 0.1) is 0 Å². The van der Waals surface area contributed by atoms with Crippen molar-refractivity contribution in [1.29, 1.82) is 0 Å². The second kappa shape index (κ2) is 4.29. The number of carbonyl (C=O) groups is 1. The number of hydrogen-bond donors (Lipinski definition) is 2. The highest BCUT2D eigenvalue weighted by Gasteiger charge is 2.05. The number of terminal acetylenes is 1. The maximum absolute atomic E-state index is 11.3. The third kappa shape index (κ3) is 2.62. The monoisotopic (exact) mass is 174 g/mol. The molecule has 0 saturated heterocycles. The molecule has 1 rings (SSSR count). The first-order valence-corrected chi connectivity index (χ1v) is 3.81. The van der Waals surface area contributed by atoms with Crippen LogP contribution in [0, 0.1) is 12.3 Å². The third-order valence-corrected chi connectivity index (χ3v) is 1.50. The molecular weight excluding hydrogens is 164 g/mol. The van der Waals surface area contributed by atoms with E-state index in [9.17, 15) is 4.79 Å². The summed E-state index contributed by atoms with van der Waals surface area (Å²) in [6, 6.07) is 8.77. The lowest BCUT2D eigenvalue weighted by Crippen LogP contribution is -2.40. The Kier molecular flexibility index (Phi) is 3.07. The Bertz CT molecular complexity index is 327. The van der Waals surface area contributed by atoms with Crippen LogP contribution in [0.1, 0.15) is 10.4 Å². The van der Waals surface area contributed by atoms with Crippen LogP contribution in [0.4, 0.5) is 0 Å². The molecule has 1 aromatic rings. The van der Waals surface area contributed by atoms with Crippen LogP contribution in [0.2, 0.25) is 0 Å². The van der Waals surface area contributed by atoms with E-state index in [1.165, 1.54) is 0 Å². The van der Waals surface area contributed by atoms with E-state index in [1.54, 1.807) is 24.3 Å². The highest BCUT2D eigenvalue weighted by molar-refractivity contribution is 5.94. The van der Waals surface area contributed by atoms with E-state index < -0.39 is 6.17 Å². The summed E-state index contributed by atoms with van der Waals surface area (Å²) >= 11 is 0. The highest BCUT2D eigenvalue weighted by Crippen LogP contribution is 1.97. The van der Waals surface area contributed by atoms with Crippen molar-refractivity contribution in [2.75, 3.05) is 0 Å². The molecule has 0 saturated carbocycles. The molecule has 1 atom stereocenters. The number of nitrogens with two attached hydrogens (primary N) is 1. The molecule has 0 spiro atoms. The van der Waals surface area contributed by atoms with Gasteiger partial charge in [0.15, 0.2) is 0 Å². The van der Waals surface area contributed by atoms with Crippen LogP contribution >= 0.6 is 0 Å². The molecule has 0 aliphatic rings. The lowest BCUT2D eigenvalue weighted by atomic mass is 10.2. The number of rotatable bonds is 2. The van der Waals surface area contributed by atoms with Gasteiger partial charge in [-0.05, 0) is 12.1 Å². The topological polar surface area (TPSA) is 55.1 Å². The van der Waals surface area contributed by atoms with E-state index in [2.05, 4.69) is 11.2 Å². The van der Waals surface area contributed by atoms with E-state index in [0.717, 1.165) is 0 Å². The van der Waals surface area contributed by atoms with Gasteiger partial charge in [0.2, 0.25) is 0 Å². The number of amides is 1. The Balaban J connectivity index is 2.66. The fourth-order valence-corrected chi connectivity index (χ4v) is 0.856. The lowest BCUT2D eigenvalue weighted by Gasteiger charge is -2.06. The van der Waals surface area contributed by atoms with Gasteiger partial charge in [-0.1, -0.05) is 24.1 Å². The molecule has 0 aliphatic heterocycles. The minimum absolute atomic E-state index is 0.258. The zero-order valence-corrected chi connectivity index (χ0v) is 7.03. The van der Waals surface area contributed by atoms with Gasteiger partial charge in [-0.3, -0.25) is 4.79 Å². The molecule has 1 aromatic carbocycles. The Morgan fingerprint density at radius 1 is 1.46 bits per heavy atom. The molecule has 1 unspecified atom stereocenters. The average molecular weight is 174 g/mol. The summed E-state index contributed by atoms with van der Waals surface area (Å²) < 4.78 is 0. The number of carbonyl (C=O) groups excluding carboxylic acids is 1. The van der Waals surface area contributed by atoms with Crippen molar-refractivity contribution >= 4 is 5.91 Å². The van der Waals surface area contributed by atoms with Gasteiger partial charge in [-0.2, -0.15) is 0 Å². The molecule has 3 heteroatoms. The Morgan fingerprint density at radius 2 is 2.08 bits per heavy atom. The molecule has 0 fully saturated rings. The molecule has 0 bridgehead atoms. The summed E-state index contributed by atoms with van der Waals surface area (Å²) in [7, 11) is 0. The van der Waals surface area contributed by atoms with Gasteiger partial charge in [0, 0.05) is 5.56 Å². The Morgan fingerprint density at radius 3 is 2.62 bits per heavy atom. The van der Waals surface area contributed by atoms with Crippen LogP contribution in [0.5, 0.6) is 0 Å². The molecule has 0 heterocycles. The summed E-state index contributed by atoms with van der Waals surface area (Å²) in [6.45, 7) is 0. The zero-order valence-electron chi connectivity index (χ0n) is 7.03. The number of hydrogen-bond acceptors (Lipinski definition) is 2. The molecular formula is C10H10N2O. The van der Waals surface area contributed by atoms with Gasteiger partial charge in [0.25, 0.3) is 5.91 Å². The summed E-state index contributed by atoms with van der Waals surface area (Å²) in [6.07, 6.45) is 4.28. The zero-order chi connectivity index (χ0) is 9.68. The minimum atomic E-state index is -0.729. The van der Waals surface area contributed by atoms with Crippen LogP contribution in [0.15, 0.2) is 30.3 Å². The van der Waals surface area contributed by atoms with E-state index in [0.29, 0.717) is 5.56 Å². The van der Waals surface area contributed by atoms with E-state index >= 15 is 0 Å². The first kappa shape index (κ1) is 9.30. The van der Waals surface area contributed by atoms with Crippen LogP contribution in [0.3, 0.4) is 0 Å². The second-order valence-corrected chi connectivity index (χ2v) is 2.48. The summed E-state index contributed by atoms with van der Waals surface area (Å²) in [5.41, 5.74) is 5.89. The summed E-state index contributed by atoms with van der Waals surface area (Å²) in [5, 5.41) is 2.45. The standard InChI is InChI=1S/C10H10N2O/c1-2-9(11)12-10(13)8-6-4-3-5-7-8/h1,3-7,9H,11H2,(H,12,13). The Labute approximate surface area is 76.9 Å². The molecule has 0 aliphatic carbocycles. The molecule has 13 heavy (non-hydrogen) atoms. The largest absolute Gasteiger partial charge is 0.326 e. The van der Waals surface area contributed by atoms with Crippen LogP contribution in [0.25, 0.3) is 0 Å². The molecule has 0 radical (unpaired) electrons. The number of benzene rings is 1. The first-order valence-electron chi connectivity index (χ1n) is 3.81. The quantitative estimate of drug-likeness (QED) is 0.501. The van der Waals surface area contributed by atoms with Crippen molar-refractivity contribution in [3.8, 4) is 12.3 Å². The van der Waals surface area contributed by atoms with Crippen molar-refractivity contribution in [2.45, 2.75) is 6.17 Å². The van der Waals surface area contributed by atoms with Gasteiger partial charge >= 0.3 is 0 Å². The van der Waals surface area contributed by atoms with Crippen LogP contribution in [-0.2, 0) is 0 Å². The fourth-order valence-electron chi connectivity index (χ4n) is 0.856.